The normalized spacial score (nSPS) is 14.7. The van der Waals surface area contributed by atoms with Crippen LogP contribution < -0.4 is 5.32 Å². The van der Waals surface area contributed by atoms with Gasteiger partial charge in [-0.1, -0.05) is 58.0 Å². The fourth-order valence-corrected chi connectivity index (χ4v) is 3.89. The highest BCUT2D eigenvalue weighted by Crippen LogP contribution is 2.43. The zero-order valence-corrected chi connectivity index (χ0v) is 18.3. The lowest BCUT2D eigenvalue weighted by Gasteiger charge is -2.37. The number of aromatic nitrogens is 2. The van der Waals surface area contributed by atoms with Gasteiger partial charge in [0.15, 0.2) is 5.60 Å². The van der Waals surface area contributed by atoms with Gasteiger partial charge in [0.25, 0.3) is 0 Å². The van der Waals surface area contributed by atoms with Crippen molar-refractivity contribution in [1.29, 1.82) is 0 Å². The molecule has 1 unspecified atom stereocenters. The van der Waals surface area contributed by atoms with E-state index in [0.29, 0.717) is 22.9 Å². The highest BCUT2D eigenvalue weighted by atomic mass is 19.4. The lowest BCUT2D eigenvalue weighted by atomic mass is 9.73. The SMILES string of the molecule is CC(C)CNc1cc2cc(CC(O)(CC(C)(C)c3ccccc3)C(F)(F)F)[nH]c2cn1. The van der Waals surface area contributed by atoms with Gasteiger partial charge in [0.2, 0.25) is 0 Å². The number of anilines is 1. The molecule has 1 atom stereocenters. The first kappa shape index (κ1) is 23.1. The summed E-state index contributed by atoms with van der Waals surface area (Å²) in [7, 11) is 0. The molecule has 7 heteroatoms. The predicted octanol–water partition coefficient (Wildman–Crippen LogP) is 5.83. The Labute approximate surface area is 180 Å². The summed E-state index contributed by atoms with van der Waals surface area (Å²) in [6, 6.07) is 12.4. The van der Waals surface area contributed by atoms with Gasteiger partial charge in [0.05, 0.1) is 11.7 Å². The van der Waals surface area contributed by atoms with Crippen LogP contribution in [0.2, 0.25) is 0 Å². The third kappa shape index (κ3) is 5.39. The van der Waals surface area contributed by atoms with Gasteiger partial charge in [-0.3, -0.25) is 0 Å². The van der Waals surface area contributed by atoms with Crippen molar-refractivity contribution in [3.05, 3.63) is 59.9 Å². The first-order valence-electron chi connectivity index (χ1n) is 10.5. The molecule has 3 N–H and O–H groups in total. The van der Waals surface area contributed by atoms with Gasteiger partial charge in [0, 0.05) is 24.0 Å². The van der Waals surface area contributed by atoms with Crippen LogP contribution in [0.25, 0.3) is 10.9 Å². The molecule has 0 spiro atoms. The molecule has 0 aliphatic carbocycles. The molecule has 0 radical (unpaired) electrons. The number of fused-ring (bicyclic) bond motifs is 1. The molecule has 0 fully saturated rings. The van der Waals surface area contributed by atoms with Crippen LogP contribution in [0.3, 0.4) is 0 Å². The van der Waals surface area contributed by atoms with E-state index in [-0.39, 0.29) is 0 Å². The van der Waals surface area contributed by atoms with Crippen molar-refractivity contribution in [2.45, 2.75) is 57.7 Å². The largest absolute Gasteiger partial charge is 0.417 e. The average Bonchev–Trinajstić information content (AvgIpc) is 3.06. The molecule has 2 aromatic heterocycles. The van der Waals surface area contributed by atoms with E-state index in [0.717, 1.165) is 17.5 Å². The summed E-state index contributed by atoms with van der Waals surface area (Å²) in [5.41, 5.74) is -2.04. The van der Waals surface area contributed by atoms with Gasteiger partial charge in [-0.05, 0) is 35.4 Å². The molecule has 0 aliphatic rings. The first-order valence-corrected chi connectivity index (χ1v) is 10.5. The topological polar surface area (TPSA) is 60.9 Å². The van der Waals surface area contributed by atoms with Crippen molar-refractivity contribution >= 4 is 16.7 Å². The second-order valence-corrected chi connectivity index (χ2v) is 9.36. The molecule has 0 amide bonds. The Morgan fingerprint density at radius 2 is 1.77 bits per heavy atom. The number of nitrogens with zero attached hydrogens (tertiary/aromatic N) is 1. The fourth-order valence-electron chi connectivity index (χ4n) is 3.89. The summed E-state index contributed by atoms with van der Waals surface area (Å²) in [5.74, 6) is 1.11. The Morgan fingerprint density at radius 3 is 2.39 bits per heavy atom. The van der Waals surface area contributed by atoms with Gasteiger partial charge < -0.3 is 15.4 Å². The third-order valence-electron chi connectivity index (χ3n) is 5.55. The zero-order valence-electron chi connectivity index (χ0n) is 18.3. The van der Waals surface area contributed by atoms with Gasteiger partial charge in [-0.15, -0.1) is 0 Å². The summed E-state index contributed by atoms with van der Waals surface area (Å²) in [4.78, 5) is 7.30. The maximum absolute atomic E-state index is 14.0. The van der Waals surface area contributed by atoms with E-state index in [9.17, 15) is 18.3 Å². The monoisotopic (exact) mass is 433 g/mol. The molecule has 31 heavy (non-hydrogen) atoms. The van der Waals surface area contributed by atoms with Crippen LogP contribution in [-0.4, -0.2) is 33.4 Å². The van der Waals surface area contributed by atoms with Crippen LogP contribution in [0.15, 0.2) is 48.7 Å². The number of aromatic amines is 1. The van der Waals surface area contributed by atoms with Crippen LogP contribution in [0.5, 0.6) is 0 Å². The third-order valence-corrected chi connectivity index (χ3v) is 5.55. The van der Waals surface area contributed by atoms with E-state index in [1.165, 1.54) is 0 Å². The van der Waals surface area contributed by atoms with Crippen molar-refractivity contribution in [3.63, 3.8) is 0 Å². The number of H-pyrrole nitrogens is 1. The lowest BCUT2D eigenvalue weighted by molar-refractivity contribution is -0.266. The Bertz CT molecular complexity index is 1010. The van der Waals surface area contributed by atoms with Crippen molar-refractivity contribution in [3.8, 4) is 0 Å². The van der Waals surface area contributed by atoms with Crippen LogP contribution in [0, 0.1) is 5.92 Å². The predicted molar refractivity (Wildman–Crippen MR) is 118 cm³/mol. The Morgan fingerprint density at radius 1 is 1.10 bits per heavy atom. The average molecular weight is 434 g/mol. The number of nitrogens with one attached hydrogen (secondary N) is 2. The molecule has 2 heterocycles. The number of aliphatic hydroxyl groups is 1. The molecule has 3 aromatic rings. The van der Waals surface area contributed by atoms with E-state index in [1.807, 2.05) is 6.07 Å². The van der Waals surface area contributed by atoms with Crippen molar-refractivity contribution in [2.24, 2.45) is 5.92 Å². The Balaban J connectivity index is 1.87. The lowest BCUT2D eigenvalue weighted by Crippen LogP contribution is -2.50. The van der Waals surface area contributed by atoms with E-state index >= 15 is 0 Å². The molecule has 168 valence electrons. The minimum absolute atomic E-state index is 0.321. The highest BCUT2D eigenvalue weighted by Gasteiger charge is 2.56. The summed E-state index contributed by atoms with van der Waals surface area (Å²) in [6.45, 7) is 8.35. The summed E-state index contributed by atoms with van der Waals surface area (Å²) < 4.78 is 42.1. The van der Waals surface area contributed by atoms with E-state index in [4.69, 9.17) is 0 Å². The molecular weight excluding hydrogens is 403 g/mol. The molecule has 0 aliphatic heterocycles. The zero-order chi connectivity index (χ0) is 22.9. The molecule has 1 aromatic carbocycles. The fraction of sp³-hybridized carbons (Fsp3) is 0.458. The number of halogens is 3. The summed E-state index contributed by atoms with van der Waals surface area (Å²) in [6.07, 6.45) is -4.20. The minimum atomic E-state index is -4.78. The first-order chi connectivity index (χ1) is 14.4. The highest BCUT2D eigenvalue weighted by molar-refractivity contribution is 5.82. The number of benzene rings is 1. The maximum atomic E-state index is 14.0. The number of hydrogen-bond acceptors (Lipinski definition) is 3. The van der Waals surface area contributed by atoms with Gasteiger partial charge in [0.1, 0.15) is 5.82 Å². The van der Waals surface area contributed by atoms with Crippen LogP contribution in [0.4, 0.5) is 19.0 Å². The van der Waals surface area contributed by atoms with Crippen LogP contribution in [-0.2, 0) is 11.8 Å². The molecule has 0 bridgehead atoms. The quantitative estimate of drug-likeness (QED) is 0.419. The molecule has 3 rings (SSSR count). The van der Waals surface area contributed by atoms with Crippen molar-refractivity contribution in [2.75, 3.05) is 11.9 Å². The minimum Gasteiger partial charge on any atom is -0.380 e. The van der Waals surface area contributed by atoms with Crippen LogP contribution >= 0.6 is 0 Å². The summed E-state index contributed by atoms with van der Waals surface area (Å²) in [5, 5.41) is 14.8. The van der Waals surface area contributed by atoms with Crippen molar-refractivity contribution < 1.29 is 18.3 Å². The van der Waals surface area contributed by atoms with Gasteiger partial charge in [-0.25, -0.2) is 4.98 Å². The van der Waals surface area contributed by atoms with Gasteiger partial charge >= 0.3 is 6.18 Å². The van der Waals surface area contributed by atoms with E-state index < -0.39 is 30.0 Å². The standard InChI is InChI=1S/C24H30F3N3O/c1-16(2)13-28-21-11-17-10-19(30-20(17)14-29-21)12-23(31,24(25,26)27)15-22(3,4)18-8-6-5-7-9-18/h5-11,14,16,30-31H,12-13,15H2,1-4H3,(H,28,29). The number of alkyl halides is 3. The summed E-state index contributed by atoms with van der Waals surface area (Å²) >= 11 is 0. The molecular formula is C24H30F3N3O. The number of rotatable bonds is 8. The molecule has 0 saturated heterocycles. The second-order valence-electron chi connectivity index (χ2n) is 9.36. The van der Waals surface area contributed by atoms with Gasteiger partial charge in [-0.2, -0.15) is 13.2 Å². The Hall–Kier alpha value is -2.54. The smallest absolute Gasteiger partial charge is 0.380 e. The van der Waals surface area contributed by atoms with Crippen LogP contribution in [0.1, 0.15) is 45.4 Å². The second kappa shape index (κ2) is 8.54. The van der Waals surface area contributed by atoms with E-state index in [2.05, 4.69) is 29.1 Å². The Kier molecular flexibility index (Phi) is 6.37. The number of hydrogen-bond donors (Lipinski definition) is 3. The maximum Gasteiger partial charge on any atom is 0.417 e. The molecule has 0 saturated carbocycles. The molecule has 4 nitrogen and oxygen atoms in total. The van der Waals surface area contributed by atoms with E-state index in [1.54, 1.807) is 56.4 Å². The van der Waals surface area contributed by atoms with Crippen molar-refractivity contribution in [1.82, 2.24) is 9.97 Å². The number of pyridine rings is 1.